The van der Waals surface area contributed by atoms with Gasteiger partial charge in [-0.2, -0.15) is 0 Å². The first kappa shape index (κ1) is 15.0. The van der Waals surface area contributed by atoms with Crippen LogP contribution in [0.3, 0.4) is 0 Å². The molecule has 6 N–H and O–H groups in total. The SMILES string of the molecule is Nc1cc(NC2(CO)CCOCC2)cc(S(N)(=O)=O)c1. The van der Waals surface area contributed by atoms with E-state index in [1.165, 1.54) is 12.1 Å². The molecule has 0 unspecified atom stereocenters. The monoisotopic (exact) mass is 301 g/mol. The highest BCUT2D eigenvalue weighted by molar-refractivity contribution is 7.89. The summed E-state index contributed by atoms with van der Waals surface area (Å²) in [6.45, 7) is 1.01. The molecule has 7 nitrogen and oxygen atoms in total. The summed E-state index contributed by atoms with van der Waals surface area (Å²) in [5.41, 5.74) is 5.98. The van der Waals surface area contributed by atoms with Crippen molar-refractivity contribution < 1.29 is 18.3 Å². The molecule has 1 heterocycles. The number of hydrogen-bond donors (Lipinski definition) is 4. The molecule has 8 heteroatoms. The summed E-state index contributed by atoms with van der Waals surface area (Å²) in [6.07, 6.45) is 1.26. The van der Waals surface area contributed by atoms with Crippen LogP contribution in [0, 0.1) is 0 Å². The number of sulfonamides is 1. The highest BCUT2D eigenvalue weighted by Gasteiger charge is 2.32. The van der Waals surface area contributed by atoms with E-state index in [0.29, 0.717) is 37.4 Å². The zero-order valence-electron chi connectivity index (χ0n) is 11.0. The van der Waals surface area contributed by atoms with Crippen LogP contribution in [0.25, 0.3) is 0 Å². The van der Waals surface area contributed by atoms with Crippen molar-refractivity contribution in [1.82, 2.24) is 0 Å². The third kappa shape index (κ3) is 3.40. The molecule has 20 heavy (non-hydrogen) atoms. The van der Waals surface area contributed by atoms with Crippen LogP contribution in [0.1, 0.15) is 12.8 Å². The summed E-state index contributed by atoms with van der Waals surface area (Å²) in [6, 6.07) is 4.33. The standard InChI is InChI=1S/C12H19N3O4S/c13-9-5-10(7-11(6-9)20(14,17)18)15-12(8-16)1-3-19-4-2-12/h5-7,15-16H,1-4,8,13H2,(H2,14,17,18). The summed E-state index contributed by atoms with van der Waals surface area (Å²) in [5, 5.41) is 17.9. The van der Waals surface area contributed by atoms with E-state index in [9.17, 15) is 13.5 Å². The number of anilines is 2. The van der Waals surface area contributed by atoms with Gasteiger partial charge in [0.15, 0.2) is 0 Å². The van der Waals surface area contributed by atoms with E-state index < -0.39 is 15.6 Å². The van der Waals surface area contributed by atoms with Gasteiger partial charge in [0, 0.05) is 24.6 Å². The Labute approximate surface area is 118 Å². The van der Waals surface area contributed by atoms with E-state index in [4.69, 9.17) is 15.6 Å². The number of primary sulfonamides is 1. The van der Waals surface area contributed by atoms with Crippen LogP contribution in [-0.2, 0) is 14.8 Å². The quantitative estimate of drug-likeness (QED) is 0.574. The minimum Gasteiger partial charge on any atom is -0.399 e. The van der Waals surface area contributed by atoms with Gasteiger partial charge in [0.1, 0.15) is 0 Å². The van der Waals surface area contributed by atoms with Gasteiger partial charge in [-0.3, -0.25) is 0 Å². The maximum Gasteiger partial charge on any atom is 0.238 e. The smallest absolute Gasteiger partial charge is 0.238 e. The van der Waals surface area contributed by atoms with Crippen molar-refractivity contribution in [3.05, 3.63) is 18.2 Å². The first-order valence-electron chi connectivity index (χ1n) is 6.25. The summed E-state index contributed by atoms with van der Waals surface area (Å²) in [5.74, 6) is 0. The van der Waals surface area contributed by atoms with Gasteiger partial charge < -0.3 is 20.9 Å². The van der Waals surface area contributed by atoms with Crippen molar-refractivity contribution >= 4 is 21.4 Å². The highest BCUT2D eigenvalue weighted by Crippen LogP contribution is 2.28. The van der Waals surface area contributed by atoms with Gasteiger partial charge in [0.05, 0.1) is 17.0 Å². The lowest BCUT2D eigenvalue weighted by Crippen LogP contribution is -2.46. The Morgan fingerprint density at radius 3 is 2.50 bits per heavy atom. The van der Waals surface area contributed by atoms with Crippen molar-refractivity contribution in [2.24, 2.45) is 5.14 Å². The predicted molar refractivity (Wildman–Crippen MR) is 75.7 cm³/mol. The average Bonchev–Trinajstić information content (AvgIpc) is 2.38. The number of benzene rings is 1. The molecule has 2 rings (SSSR count). The van der Waals surface area contributed by atoms with E-state index in [0.717, 1.165) is 0 Å². The minimum absolute atomic E-state index is 0.0554. The summed E-state index contributed by atoms with van der Waals surface area (Å²) in [4.78, 5) is -0.0554. The van der Waals surface area contributed by atoms with Gasteiger partial charge in [0.2, 0.25) is 10.0 Å². The van der Waals surface area contributed by atoms with Crippen LogP contribution in [0.2, 0.25) is 0 Å². The number of rotatable bonds is 4. The number of nitrogens with one attached hydrogen (secondary N) is 1. The lowest BCUT2D eigenvalue weighted by Gasteiger charge is -2.37. The molecule has 112 valence electrons. The zero-order chi connectivity index (χ0) is 14.8. The van der Waals surface area contributed by atoms with Gasteiger partial charge in [0.25, 0.3) is 0 Å². The van der Waals surface area contributed by atoms with Crippen molar-refractivity contribution in [1.29, 1.82) is 0 Å². The van der Waals surface area contributed by atoms with Crippen LogP contribution in [0.15, 0.2) is 23.1 Å². The van der Waals surface area contributed by atoms with Crippen molar-refractivity contribution in [3.63, 3.8) is 0 Å². The Bertz CT molecular complexity index is 582. The normalized spacial score (nSPS) is 18.7. The second-order valence-corrected chi connectivity index (χ2v) is 6.57. The molecule has 0 aliphatic carbocycles. The number of nitrogen functional groups attached to an aromatic ring is 1. The third-order valence-corrected chi connectivity index (χ3v) is 4.31. The second kappa shape index (κ2) is 5.57. The van der Waals surface area contributed by atoms with Crippen LogP contribution < -0.4 is 16.2 Å². The van der Waals surface area contributed by atoms with E-state index in [2.05, 4.69) is 5.32 Å². The minimum atomic E-state index is -3.82. The van der Waals surface area contributed by atoms with Gasteiger partial charge in [-0.15, -0.1) is 0 Å². The molecule has 1 aliphatic rings. The molecule has 0 amide bonds. The van der Waals surface area contributed by atoms with Crippen LogP contribution in [0.4, 0.5) is 11.4 Å². The lowest BCUT2D eigenvalue weighted by molar-refractivity contribution is 0.0380. The molecule has 1 aliphatic heterocycles. The molecular weight excluding hydrogens is 282 g/mol. The molecule has 1 fully saturated rings. The Morgan fingerprint density at radius 2 is 1.95 bits per heavy atom. The molecule has 0 atom stereocenters. The number of aliphatic hydroxyl groups is 1. The molecule has 0 aromatic heterocycles. The Kier molecular flexibility index (Phi) is 4.19. The second-order valence-electron chi connectivity index (χ2n) is 5.01. The van der Waals surface area contributed by atoms with Gasteiger partial charge >= 0.3 is 0 Å². The van der Waals surface area contributed by atoms with E-state index in [1.54, 1.807) is 6.07 Å². The van der Waals surface area contributed by atoms with Gasteiger partial charge in [-0.25, -0.2) is 13.6 Å². The molecule has 1 aromatic carbocycles. The van der Waals surface area contributed by atoms with Crippen LogP contribution in [-0.4, -0.2) is 38.9 Å². The number of nitrogens with two attached hydrogens (primary N) is 2. The largest absolute Gasteiger partial charge is 0.399 e. The van der Waals surface area contributed by atoms with E-state index >= 15 is 0 Å². The van der Waals surface area contributed by atoms with Crippen LogP contribution >= 0.6 is 0 Å². The van der Waals surface area contributed by atoms with E-state index in [1.807, 2.05) is 0 Å². The first-order valence-corrected chi connectivity index (χ1v) is 7.79. The Balaban J connectivity index is 2.31. The third-order valence-electron chi connectivity index (χ3n) is 3.42. The molecular formula is C12H19N3O4S. The maximum atomic E-state index is 11.4. The maximum absolute atomic E-state index is 11.4. The lowest BCUT2D eigenvalue weighted by atomic mass is 9.90. The molecule has 0 saturated carbocycles. The van der Waals surface area contributed by atoms with Crippen molar-refractivity contribution in [3.8, 4) is 0 Å². The molecule has 1 aromatic rings. The highest BCUT2D eigenvalue weighted by atomic mass is 32.2. The Hall–Kier alpha value is -1.35. The number of hydrogen-bond acceptors (Lipinski definition) is 6. The summed E-state index contributed by atoms with van der Waals surface area (Å²) >= 11 is 0. The first-order chi connectivity index (χ1) is 9.35. The summed E-state index contributed by atoms with van der Waals surface area (Å²) in [7, 11) is -3.82. The topological polar surface area (TPSA) is 128 Å². The Morgan fingerprint density at radius 1 is 1.30 bits per heavy atom. The van der Waals surface area contributed by atoms with Crippen LogP contribution in [0.5, 0.6) is 0 Å². The molecule has 0 spiro atoms. The molecule has 1 saturated heterocycles. The van der Waals surface area contributed by atoms with E-state index in [-0.39, 0.29) is 11.5 Å². The predicted octanol–water partition coefficient (Wildman–Crippen LogP) is -0.130. The van der Waals surface area contributed by atoms with Crippen molar-refractivity contribution in [2.75, 3.05) is 30.9 Å². The fourth-order valence-electron chi connectivity index (χ4n) is 2.25. The van der Waals surface area contributed by atoms with Gasteiger partial charge in [-0.05, 0) is 31.0 Å². The summed E-state index contributed by atoms with van der Waals surface area (Å²) < 4.78 is 28.1. The molecule has 0 radical (unpaired) electrons. The molecule has 0 bridgehead atoms. The van der Waals surface area contributed by atoms with Gasteiger partial charge in [-0.1, -0.05) is 0 Å². The average molecular weight is 301 g/mol. The fourth-order valence-corrected chi connectivity index (χ4v) is 2.84. The fraction of sp³-hybridized carbons (Fsp3) is 0.500. The zero-order valence-corrected chi connectivity index (χ0v) is 11.8. The van der Waals surface area contributed by atoms with Crippen molar-refractivity contribution in [2.45, 2.75) is 23.3 Å². The number of ether oxygens (including phenoxy) is 1. The number of aliphatic hydroxyl groups excluding tert-OH is 1.